The Morgan fingerprint density at radius 3 is 2.06 bits per heavy atom. The van der Waals surface area contributed by atoms with Crippen molar-refractivity contribution in [2.45, 2.75) is 6.42 Å². The average molecular weight is 435 g/mol. The van der Waals surface area contributed by atoms with E-state index in [1.807, 2.05) is 18.2 Å². The summed E-state index contributed by atoms with van der Waals surface area (Å²) in [5.74, 6) is -1.40. The zero-order valence-corrected chi connectivity index (χ0v) is 17.1. The van der Waals surface area contributed by atoms with Crippen LogP contribution in [0.5, 0.6) is 0 Å². The van der Waals surface area contributed by atoms with Crippen LogP contribution in [-0.4, -0.2) is 31.1 Å². The third-order valence-electron chi connectivity index (χ3n) is 4.39. The number of carbonyl (C=O) groups is 3. The second-order valence-electron chi connectivity index (χ2n) is 6.83. The third kappa shape index (κ3) is 7.24. The molecule has 0 aliphatic heterocycles. The van der Waals surface area contributed by atoms with Crippen LogP contribution >= 0.6 is 0 Å². The van der Waals surface area contributed by atoms with Crippen LogP contribution in [0.1, 0.15) is 15.9 Å². The average Bonchev–Trinajstić information content (AvgIpc) is 2.80. The van der Waals surface area contributed by atoms with Crippen LogP contribution in [0.2, 0.25) is 0 Å². The monoisotopic (exact) mass is 435 g/mol. The molecule has 0 saturated heterocycles. The van der Waals surface area contributed by atoms with Crippen molar-refractivity contribution in [3.05, 3.63) is 95.8 Å². The minimum Gasteiger partial charge on any atom is -0.452 e. The number of anilines is 2. The van der Waals surface area contributed by atoms with Gasteiger partial charge in [0.25, 0.3) is 5.91 Å². The molecule has 3 aromatic carbocycles. The molecule has 7 nitrogen and oxygen atoms in total. The molecule has 0 aliphatic rings. The molecule has 0 spiro atoms. The van der Waals surface area contributed by atoms with Gasteiger partial charge in [0.15, 0.2) is 6.61 Å². The summed E-state index contributed by atoms with van der Waals surface area (Å²) in [5, 5.41) is 7.99. The summed E-state index contributed by atoms with van der Waals surface area (Å²) in [6.07, 6.45) is 0.534. The first kappa shape index (κ1) is 22.5. The standard InChI is InChI=1S/C24H22FN3O4/c25-19-10-6-17(7-11-19)14-15-26-22(29)16-32-23(30)18-8-12-21(13-9-18)28-24(31)27-20-4-2-1-3-5-20/h1-13H,14-16H2,(H,26,29)(H2,27,28,31). The summed E-state index contributed by atoms with van der Waals surface area (Å²) in [7, 11) is 0. The van der Waals surface area contributed by atoms with Gasteiger partial charge in [-0.2, -0.15) is 0 Å². The Bertz CT molecular complexity index is 1050. The summed E-state index contributed by atoms with van der Waals surface area (Å²) >= 11 is 0. The molecule has 0 heterocycles. The van der Waals surface area contributed by atoms with Crippen LogP contribution in [0.25, 0.3) is 0 Å². The zero-order chi connectivity index (χ0) is 22.8. The molecule has 3 rings (SSSR count). The summed E-state index contributed by atoms with van der Waals surface area (Å²) in [6, 6.07) is 20.7. The number of nitrogens with one attached hydrogen (secondary N) is 3. The predicted octanol–water partition coefficient (Wildman–Crippen LogP) is 3.99. The Labute approximate surface area is 184 Å². The highest BCUT2D eigenvalue weighted by Gasteiger charge is 2.11. The van der Waals surface area contributed by atoms with Gasteiger partial charge in [-0.05, 0) is 60.5 Å². The highest BCUT2D eigenvalue weighted by molar-refractivity contribution is 6.00. The first-order valence-corrected chi connectivity index (χ1v) is 9.91. The number of amides is 3. The third-order valence-corrected chi connectivity index (χ3v) is 4.39. The zero-order valence-electron chi connectivity index (χ0n) is 17.1. The SMILES string of the molecule is O=C(COC(=O)c1ccc(NC(=O)Nc2ccccc2)cc1)NCCc1ccc(F)cc1. The van der Waals surface area contributed by atoms with E-state index in [2.05, 4.69) is 16.0 Å². The maximum atomic E-state index is 12.9. The molecule has 3 amide bonds. The van der Waals surface area contributed by atoms with E-state index in [9.17, 15) is 18.8 Å². The Kier molecular flexibility index (Phi) is 7.91. The van der Waals surface area contributed by atoms with E-state index in [1.165, 1.54) is 24.3 Å². The number of ether oxygens (including phenoxy) is 1. The Balaban J connectivity index is 1.38. The largest absolute Gasteiger partial charge is 0.452 e. The summed E-state index contributed by atoms with van der Waals surface area (Å²) in [6.45, 7) is -0.0742. The molecule has 0 aliphatic carbocycles. The number of rotatable bonds is 8. The Morgan fingerprint density at radius 1 is 0.781 bits per heavy atom. The maximum Gasteiger partial charge on any atom is 0.338 e. The van der Waals surface area contributed by atoms with E-state index in [4.69, 9.17) is 4.74 Å². The van der Waals surface area contributed by atoms with Crippen LogP contribution in [0.3, 0.4) is 0 Å². The Hall–Kier alpha value is -4.20. The quantitative estimate of drug-likeness (QED) is 0.466. The fourth-order valence-corrected chi connectivity index (χ4v) is 2.77. The van der Waals surface area contributed by atoms with E-state index in [0.29, 0.717) is 24.3 Å². The van der Waals surface area contributed by atoms with Gasteiger partial charge >= 0.3 is 12.0 Å². The molecule has 3 N–H and O–H groups in total. The summed E-state index contributed by atoms with van der Waals surface area (Å²) in [4.78, 5) is 36.0. The number of benzene rings is 3. The molecule has 0 fully saturated rings. The molecule has 32 heavy (non-hydrogen) atoms. The summed E-state index contributed by atoms with van der Waals surface area (Å²) < 4.78 is 17.9. The number of para-hydroxylation sites is 1. The molecule has 0 radical (unpaired) electrons. The molecule has 3 aromatic rings. The van der Waals surface area contributed by atoms with E-state index in [-0.39, 0.29) is 11.4 Å². The Morgan fingerprint density at radius 2 is 1.41 bits per heavy atom. The number of hydrogen-bond acceptors (Lipinski definition) is 4. The van der Waals surface area contributed by atoms with Crippen molar-refractivity contribution in [3.8, 4) is 0 Å². The van der Waals surface area contributed by atoms with Gasteiger partial charge in [0.2, 0.25) is 0 Å². The van der Waals surface area contributed by atoms with Gasteiger partial charge in [-0.3, -0.25) is 4.79 Å². The van der Waals surface area contributed by atoms with Crippen LogP contribution in [0.4, 0.5) is 20.6 Å². The second-order valence-corrected chi connectivity index (χ2v) is 6.83. The van der Waals surface area contributed by atoms with E-state index in [0.717, 1.165) is 5.56 Å². The normalized spacial score (nSPS) is 10.2. The van der Waals surface area contributed by atoms with Crippen molar-refractivity contribution in [2.75, 3.05) is 23.8 Å². The molecule has 0 unspecified atom stereocenters. The van der Waals surface area contributed by atoms with E-state index < -0.39 is 24.5 Å². The molecule has 8 heteroatoms. The van der Waals surface area contributed by atoms with Gasteiger partial charge in [-0.15, -0.1) is 0 Å². The van der Waals surface area contributed by atoms with Crippen LogP contribution in [0, 0.1) is 5.82 Å². The maximum absolute atomic E-state index is 12.9. The van der Waals surface area contributed by atoms with Crippen molar-refractivity contribution in [3.63, 3.8) is 0 Å². The van der Waals surface area contributed by atoms with Crippen molar-refractivity contribution in [1.29, 1.82) is 0 Å². The molecule has 164 valence electrons. The number of hydrogen-bond donors (Lipinski definition) is 3. The first-order chi connectivity index (χ1) is 15.5. The number of carbonyl (C=O) groups excluding carboxylic acids is 3. The van der Waals surface area contributed by atoms with Gasteiger partial charge in [0.05, 0.1) is 5.56 Å². The molecular formula is C24H22FN3O4. The van der Waals surface area contributed by atoms with Gasteiger partial charge in [-0.1, -0.05) is 30.3 Å². The molecule has 0 aromatic heterocycles. The number of urea groups is 1. The minimum atomic E-state index is -0.654. The van der Waals surface area contributed by atoms with Crippen LogP contribution < -0.4 is 16.0 Å². The van der Waals surface area contributed by atoms with E-state index >= 15 is 0 Å². The highest BCUT2D eigenvalue weighted by atomic mass is 19.1. The van der Waals surface area contributed by atoms with Gasteiger partial charge in [-0.25, -0.2) is 14.0 Å². The molecule has 0 saturated carbocycles. The number of halogens is 1. The minimum absolute atomic E-state index is 0.248. The topological polar surface area (TPSA) is 96.5 Å². The lowest BCUT2D eigenvalue weighted by Gasteiger charge is -2.09. The smallest absolute Gasteiger partial charge is 0.338 e. The fraction of sp³-hybridized carbons (Fsp3) is 0.125. The number of esters is 1. The fourth-order valence-electron chi connectivity index (χ4n) is 2.77. The lowest BCUT2D eigenvalue weighted by Crippen LogP contribution is -2.30. The highest BCUT2D eigenvalue weighted by Crippen LogP contribution is 2.12. The van der Waals surface area contributed by atoms with Crippen molar-refractivity contribution in [1.82, 2.24) is 5.32 Å². The van der Waals surface area contributed by atoms with Crippen molar-refractivity contribution >= 4 is 29.3 Å². The van der Waals surface area contributed by atoms with E-state index in [1.54, 1.807) is 36.4 Å². The lowest BCUT2D eigenvalue weighted by molar-refractivity contribution is -0.124. The lowest BCUT2D eigenvalue weighted by atomic mass is 10.1. The molecule has 0 atom stereocenters. The van der Waals surface area contributed by atoms with Crippen molar-refractivity contribution < 1.29 is 23.5 Å². The van der Waals surface area contributed by atoms with Gasteiger partial charge in [0, 0.05) is 17.9 Å². The van der Waals surface area contributed by atoms with Crippen molar-refractivity contribution in [2.24, 2.45) is 0 Å². The van der Waals surface area contributed by atoms with Gasteiger partial charge in [0.1, 0.15) is 5.82 Å². The van der Waals surface area contributed by atoms with Crippen LogP contribution in [-0.2, 0) is 16.0 Å². The summed E-state index contributed by atoms with van der Waals surface area (Å²) in [5.41, 5.74) is 2.28. The van der Waals surface area contributed by atoms with Crippen LogP contribution in [0.15, 0.2) is 78.9 Å². The molecular weight excluding hydrogens is 413 g/mol. The van der Waals surface area contributed by atoms with Gasteiger partial charge < -0.3 is 20.7 Å². The first-order valence-electron chi connectivity index (χ1n) is 9.91. The molecule has 0 bridgehead atoms. The second kappa shape index (κ2) is 11.3. The predicted molar refractivity (Wildman–Crippen MR) is 119 cm³/mol.